The van der Waals surface area contributed by atoms with E-state index < -0.39 is 0 Å². The van der Waals surface area contributed by atoms with Gasteiger partial charge in [0, 0.05) is 38.4 Å². The lowest BCUT2D eigenvalue weighted by Gasteiger charge is -2.28. The lowest BCUT2D eigenvalue weighted by Crippen LogP contribution is -2.31. The average molecular weight is 298 g/mol. The van der Waals surface area contributed by atoms with Gasteiger partial charge in [0.25, 0.3) is 0 Å². The normalized spacial score (nSPS) is 17.3. The molecule has 2 heterocycles. The van der Waals surface area contributed by atoms with Crippen LogP contribution in [-0.2, 0) is 19.5 Å². The highest BCUT2D eigenvalue weighted by molar-refractivity contribution is 5.37. The average Bonchev–Trinajstić information content (AvgIpc) is 2.95. The van der Waals surface area contributed by atoms with Gasteiger partial charge in [-0.15, -0.1) is 0 Å². The van der Waals surface area contributed by atoms with Crippen LogP contribution in [0.15, 0.2) is 30.6 Å². The molecule has 3 rings (SSSR count). The van der Waals surface area contributed by atoms with Crippen LogP contribution in [0.4, 0.5) is 4.39 Å². The van der Waals surface area contributed by atoms with E-state index in [1.54, 1.807) is 6.07 Å². The van der Waals surface area contributed by atoms with Gasteiger partial charge in [0.2, 0.25) is 0 Å². The van der Waals surface area contributed by atoms with Crippen molar-refractivity contribution >= 4 is 0 Å². The molecule has 0 saturated heterocycles. The predicted octanol–water partition coefficient (Wildman–Crippen LogP) is 2.59. The van der Waals surface area contributed by atoms with Crippen molar-refractivity contribution in [3.63, 3.8) is 0 Å². The summed E-state index contributed by atoms with van der Waals surface area (Å²) in [6, 6.07) is 6.49. The van der Waals surface area contributed by atoms with E-state index in [4.69, 9.17) is 5.26 Å². The highest BCUT2D eigenvalue weighted by Crippen LogP contribution is 2.20. The smallest absolute Gasteiger partial charge is 0.123 e. The van der Waals surface area contributed by atoms with Gasteiger partial charge in [-0.25, -0.2) is 9.37 Å². The lowest BCUT2D eigenvalue weighted by atomic mass is 9.98. The molecule has 2 aromatic rings. The Kier molecular flexibility index (Phi) is 4.21. The van der Waals surface area contributed by atoms with Crippen LogP contribution in [0.5, 0.6) is 0 Å². The van der Waals surface area contributed by atoms with Gasteiger partial charge >= 0.3 is 0 Å². The summed E-state index contributed by atoms with van der Waals surface area (Å²) in [7, 11) is 2.02. The Balaban J connectivity index is 1.63. The number of aromatic nitrogens is 2. The molecule has 0 N–H and O–H groups in total. The largest absolute Gasteiger partial charge is 0.335 e. The van der Waals surface area contributed by atoms with Crippen molar-refractivity contribution in [2.45, 2.75) is 25.9 Å². The maximum absolute atomic E-state index is 13.4. The first-order chi connectivity index (χ1) is 10.7. The Morgan fingerprint density at radius 1 is 1.50 bits per heavy atom. The van der Waals surface area contributed by atoms with E-state index in [1.165, 1.54) is 12.1 Å². The van der Waals surface area contributed by atoms with Gasteiger partial charge in [-0.3, -0.25) is 0 Å². The molecule has 0 fully saturated rings. The third-order valence-electron chi connectivity index (χ3n) is 4.23. The van der Waals surface area contributed by atoms with E-state index in [9.17, 15) is 4.39 Å². The molecule has 0 bridgehead atoms. The number of nitrogens with zero attached hydrogens (tertiary/aromatic N) is 4. The molecule has 1 aromatic carbocycles. The fourth-order valence-corrected chi connectivity index (χ4v) is 3.18. The van der Waals surface area contributed by atoms with Crippen molar-refractivity contribution in [1.82, 2.24) is 14.5 Å². The van der Waals surface area contributed by atoms with Crippen LogP contribution in [-0.4, -0.2) is 28.0 Å². The number of halogens is 1. The third-order valence-corrected chi connectivity index (χ3v) is 4.23. The minimum atomic E-state index is -0.289. The van der Waals surface area contributed by atoms with Gasteiger partial charge < -0.3 is 9.47 Å². The van der Waals surface area contributed by atoms with E-state index in [0.29, 0.717) is 18.0 Å². The molecule has 0 radical (unpaired) electrons. The van der Waals surface area contributed by atoms with Crippen molar-refractivity contribution < 1.29 is 4.39 Å². The van der Waals surface area contributed by atoms with Crippen LogP contribution in [0.3, 0.4) is 0 Å². The molecule has 22 heavy (non-hydrogen) atoms. The Morgan fingerprint density at radius 3 is 3.18 bits per heavy atom. The Bertz CT molecular complexity index is 701. The van der Waals surface area contributed by atoms with E-state index in [0.717, 1.165) is 37.3 Å². The van der Waals surface area contributed by atoms with Crippen molar-refractivity contribution in [3.05, 3.63) is 53.4 Å². The number of hydrogen-bond acceptors (Lipinski definition) is 3. The van der Waals surface area contributed by atoms with Crippen molar-refractivity contribution in [2.24, 2.45) is 5.92 Å². The molecule has 1 aliphatic heterocycles. The summed E-state index contributed by atoms with van der Waals surface area (Å²) >= 11 is 0. The summed E-state index contributed by atoms with van der Waals surface area (Å²) < 4.78 is 15.6. The Hall–Kier alpha value is -2.19. The predicted molar refractivity (Wildman–Crippen MR) is 81.5 cm³/mol. The second-order valence-electron chi connectivity index (χ2n) is 6.01. The van der Waals surface area contributed by atoms with Gasteiger partial charge in [0.05, 0.1) is 11.6 Å². The maximum Gasteiger partial charge on any atom is 0.123 e. The summed E-state index contributed by atoms with van der Waals surface area (Å²) in [4.78, 5) is 6.51. The third kappa shape index (κ3) is 3.18. The zero-order valence-corrected chi connectivity index (χ0v) is 12.7. The van der Waals surface area contributed by atoms with E-state index in [2.05, 4.69) is 20.5 Å². The number of nitriles is 1. The summed E-state index contributed by atoms with van der Waals surface area (Å²) in [5, 5.41) is 9.13. The number of benzene rings is 1. The zero-order chi connectivity index (χ0) is 15.5. The van der Waals surface area contributed by atoms with Crippen LogP contribution in [0, 0.1) is 23.1 Å². The first-order valence-corrected chi connectivity index (χ1v) is 7.53. The molecule has 1 aliphatic rings. The Labute approximate surface area is 129 Å². The second-order valence-corrected chi connectivity index (χ2v) is 6.01. The van der Waals surface area contributed by atoms with E-state index in [-0.39, 0.29) is 5.82 Å². The second kappa shape index (κ2) is 6.29. The van der Waals surface area contributed by atoms with E-state index in [1.807, 2.05) is 19.4 Å². The first-order valence-electron chi connectivity index (χ1n) is 7.53. The van der Waals surface area contributed by atoms with Gasteiger partial charge in [-0.1, -0.05) is 0 Å². The quantitative estimate of drug-likeness (QED) is 0.871. The molecular formula is C17H19FN4. The molecule has 114 valence electrons. The number of hydrogen-bond donors (Lipinski definition) is 0. The number of imidazole rings is 1. The first kappa shape index (κ1) is 14.7. The molecule has 0 amide bonds. The SMILES string of the molecule is CN(Cc1cc(F)ccc1C#N)C[C@H]1CCc2nccn2C1. The van der Waals surface area contributed by atoms with Crippen LogP contribution in [0.1, 0.15) is 23.4 Å². The lowest BCUT2D eigenvalue weighted by molar-refractivity contribution is 0.228. The van der Waals surface area contributed by atoms with Gasteiger partial charge in [-0.2, -0.15) is 5.26 Å². The fraction of sp³-hybridized carbons (Fsp3) is 0.412. The summed E-state index contributed by atoms with van der Waals surface area (Å²) in [5.74, 6) is 1.43. The number of rotatable bonds is 4. The molecular weight excluding hydrogens is 279 g/mol. The van der Waals surface area contributed by atoms with Crippen molar-refractivity contribution in [1.29, 1.82) is 5.26 Å². The molecule has 0 unspecified atom stereocenters. The summed E-state index contributed by atoms with van der Waals surface area (Å²) in [6.07, 6.45) is 6.01. The van der Waals surface area contributed by atoms with Crippen LogP contribution >= 0.6 is 0 Å². The van der Waals surface area contributed by atoms with Crippen LogP contribution in [0.25, 0.3) is 0 Å². The number of aryl methyl sites for hydroxylation is 1. The Morgan fingerprint density at radius 2 is 2.36 bits per heavy atom. The maximum atomic E-state index is 13.4. The number of fused-ring (bicyclic) bond motifs is 1. The molecule has 1 atom stereocenters. The monoisotopic (exact) mass is 298 g/mol. The van der Waals surface area contributed by atoms with Crippen LogP contribution < -0.4 is 0 Å². The highest BCUT2D eigenvalue weighted by atomic mass is 19.1. The summed E-state index contributed by atoms with van der Waals surface area (Å²) in [5.41, 5.74) is 1.30. The summed E-state index contributed by atoms with van der Waals surface area (Å²) in [6.45, 7) is 2.50. The topological polar surface area (TPSA) is 44.9 Å². The van der Waals surface area contributed by atoms with Gasteiger partial charge in [0.1, 0.15) is 11.6 Å². The standard InChI is InChI=1S/C17H19FN4/c1-21(12-15-8-16(18)4-3-14(15)9-19)10-13-2-5-17-20-6-7-22(17)11-13/h3-4,6-8,13H,2,5,10-12H2,1H3/t13-/m1/s1. The molecule has 0 saturated carbocycles. The molecule has 1 aromatic heterocycles. The minimum absolute atomic E-state index is 0.289. The molecule has 4 nitrogen and oxygen atoms in total. The van der Waals surface area contributed by atoms with E-state index >= 15 is 0 Å². The zero-order valence-electron chi connectivity index (χ0n) is 12.7. The molecule has 0 aliphatic carbocycles. The van der Waals surface area contributed by atoms with Gasteiger partial charge in [0.15, 0.2) is 0 Å². The van der Waals surface area contributed by atoms with Crippen molar-refractivity contribution in [3.8, 4) is 6.07 Å². The highest BCUT2D eigenvalue weighted by Gasteiger charge is 2.20. The molecule has 5 heteroatoms. The van der Waals surface area contributed by atoms with Crippen LogP contribution in [0.2, 0.25) is 0 Å². The van der Waals surface area contributed by atoms with Gasteiger partial charge in [-0.05, 0) is 43.1 Å². The minimum Gasteiger partial charge on any atom is -0.335 e. The van der Waals surface area contributed by atoms with Crippen molar-refractivity contribution in [2.75, 3.05) is 13.6 Å². The molecule has 0 spiro atoms. The fourth-order valence-electron chi connectivity index (χ4n) is 3.18.